The fraction of sp³-hybridized carbons (Fsp3) is 0.174. The summed E-state index contributed by atoms with van der Waals surface area (Å²) < 4.78 is 7.28. The van der Waals surface area contributed by atoms with Crippen molar-refractivity contribution < 1.29 is 9.53 Å². The molecule has 0 aliphatic rings. The normalized spacial score (nSPS) is 10.9. The van der Waals surface area contributed by atoms with E-state index in [1.807, 2.05) is 61.5 Å². The van der Waals surface area contributed by atoms with Gasteiger partial charge in [0, 0.05) is 29.5 Å². The molecule has 4 rings (SSSR count). The van der Waals surface area contributed by atoms with Crippen LogP contribution < -0.4 is 10.1 Å². The van der Waals surface area contributed by atoms with Crippen molar-refractivity contribution in [2.24, 2.45) is 0 Å². The minimum Gasteiger partial charge on any atom is -0.494 e. The van der Waals surface area contributed by atoms with E-state index < -0.39 is 0 Å². The molecule has 1 N–H and O–H groups in total. The van der Waals surface area contributed by atoms with Gasteiger partial charge >= 0.3 is 0 Å². The quantitative estimate of drug-likeness (QED) is 0.387. The molecule has 0 fully saturated rings. The Labute approximate surface area is 189 Å². The third-order valence-corrected chi connectivity index (χ3v) is 5.95. The molecule has 2 aromatic heterocycles. The van der Waals surface area contributed by atoms with Crippen molar-refractivity contribution in [1.29, 1.82) is 0 Å². The highest BCUT2D eigenvalue weighted by Crippen LogP contribution is 2.27. The Kier molecular flexibility index (Phi) is 6.74. The zero-order valence-corrected chi connectivity index (χ0v) is 18.5. The SMILES string of the molecule is CCOc1ccc(-c2cc3c(SCC(=O)NCc4ccccc4Cl)nccn3n2)cc1. The molecule has 0 unspecified atom stereocenters. The minimum atomic E-state index is -0.0834. The Morgan fingerprint density at radius 1 is 1.19 bits per heavy atom. The van der Waals surface area contributed by atoms with E-state index in [0.29, 0.717) is 18.2 Å². The monoisotopic (exact) mass is 452 g/mol. The van der Waals surface area contributed by atoms with E-state index in [4.69, 9.17) is 16.3 Å². The van der Waals surface area contributed by atoms with E-state index in [-0.39, 0.29) is 11.7 Å². The fourth-order valence-electron chi connectivity index (χ4n) is 3.06. The molecule has 6 nitrogen and oxygen atoms in total. The number of fused-ring (bicyclic) bond motifs is 1. The molecule has 0 bridgehead atoms. The van der Waals surface area contributed by atoms with Crippen molar-refractivity contribution in [2.75, 3.05) is 12.4 Å². The smallest absolute Gasteiger partial charge is 0.230 e. The first-order valence-corrected chi connectivity index (χ1v) is 11.2. The van der Waals surface area contributed by atoms with E-state index in [2.05, 4.69) is 15.4 Å². The van der Waals surface area contributed by atoms with Crippen molar-refractivity contribution in [3.05, 3.63) is 77.6 Å². The van der Waals surface area contributed by atoms with E-state index in [1.54, 1.807) is 16.9 Å². The first-order valence-electron chi connectivity index (χ1n) is 9.84. The number of hydrogen-bond acceptors (Lipinski definition) is 5. The zero-order chi connectivity index (χ0) is 21.6. The van der Waals surface area contributed by atoms with Crippen molar-refractivity contribution in [2.45, 2.75) is 18.5 Å². The van der Waals surface area contributed by atoms with Crippen LogP contribution in [-0.2, 0) is 11.3 Å². The van der Waals surface area contributed by atoms with Gasteiger partial charge in [0.25, 0.3) is 0 Å². The van der Waals surface area contributed by atoms with Crippen molar-refractivity contribution in [1.82, 2.24) is 19.9 Å². The predicted molar refractivity (Wildman–Crippen MR) is 124 cm³/mol. The number of nitrogens with one attached hydrogen (secondary N) is 1. The Hall–Kier alpha value is -3.03. The highest BCUT2D eigenvalue weighted by molar-refractivity contribution is 8.00. The second-order valence-corrected chi connectivity index (χ2v) is 8.08. The van der Waals surface area contributed by atoms with Crippen LogP contribution in [0.3, 0.4) is 0 Å². The summed E-state index contributed by atoms with van der Waals surface area (Å²) in [5.74, 6) is 0.997. The summed E-state index contributed by atoms with van der Waals surface area (Å²) in [7, 11) is 0. The predicted octanol–water partition coefficient (Wildman–Crippen LogP) is 4.86. The Morgan fingerprint density at radius 2 is 2.00 bits per heavy atom. The van der Waals surface area contributed by atoms with Gasteiger partial charge in [-0.15, -0.1) is 0 Å². The average molecular weight is 453 g/mol. The molecule has 0 saturated carbocycles. The lowest BCUT2D eigenvalue weighted by Crippen LogP contribution is -2.24. The van der Waals surface area contributed by atoms with Gasteiger partial charge in [-0.1, -0.05) is 41.6 Å². The number of hydrogen-bond donors (Lipinski definition) is 1. The van der Waals surface area contributed by atoms with Gasteiger partial charge in [-0.2, -0.15) is 5.10 Å². The Bertz CT molecular complexity index is 1190. The molecule has 2 aromatic carbocycles. The molecule has 4 aromatic rings. The van der Waals surface area contributed by atoms with Crippen molar-refractivity contribution >= 4 is 34.8 Å². The largest absolute Gasteiger partial charge is 0.494 e. The molecule has 0 atom stereocenters. The van der Waals surface area contributed by atoms with Crippen LogP contribution in [0.5, 0.6) is 5.75 Å². The molecule has 0 spiro atoms. The molecule has 0 aliphatic carbocycles. The summed E-state index contributed by atoms with van der Waals surface area (Å²) in [5.41, 5.74) is 3.57. The molecule has 0 radical (unpaired) electrons. The molecule has 31 heavy (non-hydrogen) atoms. The zero-order valence-electron chi connectivity index (χ0n) is 16.9. The molecule has 2 heterocycles. The third-order valence-electron chi connectivity index (χ3n) is 4.59. The van der Waals surface area contributed by atoms with Crippen molar-refractivity contribution in [3.8, 4) is 17.0 Å². The maximum Gasteiger partial charge on any atom is 0.230 e. The second kappa shape index (κ2) is 9.85. The van der Waals surface area contributed by atoms with Crippen LogP contribution in [0, 0.1) is 0 Å². The molecular weight excluding hydrogens is 432 g/mol. The van der Waals surface area contributed by atoms with Crippen LogP contribution >= 0.6 is 23.4 Å². The van der Waals surface area contributed by atoms with Crippen molar-refractivity contribution in [3.63, 3.8) is 0 Å². The number of amides is 1. The second-order valence-electron chi connectivity index (χ2n) is 6.71. The van der Waals surface area contributed by atoms with Gasteiger partial charge in [-0.3, -0.25) is 4.79 Å². The van der Waals surface area contributed by atoms with Crippen LogP contribution in [0.2, 0.25) is 5.02 Å². The molecule has 8 heteroatoms. The fourth-order valence-corrected chi connectivity index (χ4v) is 4.07. The van der Waals surface area contributed by atoms with E-state index in [9.17, 15) is 4.79 Å². The molecule has 1 amide bonds. The van der Waals surface area contributed by atoms with Gasteiger partial charge in [0.2, 0.25) is 5.91 Å². The average Bonchev–Trinajstić information content (AvgIpc) is 3.23. The lowest BCUT2D eigenvalue weighted by atomic mass is 10.1. The van der Waals surface area contributed by atoms with E-state index >= 15 is 0 Å². The Balaban J connectivity index is 1.43. The first kappa shape index (κ1) is 21.2. The Morgan fingerprint density at radius 3 is 2.77 bits per heavy atom. The summed E-state index contributed by atoms with van der Waals surface area (Å²) >= 11 is 7.52. The highest BCUT2D eigenvalue weighted by Gasteiger charge is 2.12. The number of thioether (sulfide) groups is 1. The van der Waals surface area contributed by atoms with E-state index in [1.165, 1.54) is 11.8 Å². The number of aromatic nitrogens is 3. The summed E-state index contributed by atoms with van der Waals surface area (Å²) in [6.45, 7) is 2.98. The van der Waals surface area contributed by atoms with Gasteiger partial charge in [-0.05, 0) is 48.9 Å². The van der Waals surface area contributed by atoms with Crippen LogP contribution in [-0.4, -0.2) is 32.9 Å². The first-order chi connectivity index (χ1) is 15.1. The van der Waals surface area contributed by atoms with Crippen LogP contribution in [0.1, 0.15) is 12.5 Å². The number of halogens is 1. The van der Waals surface area contributed by atoms with E-state index in [0.717, 1.165) is 33.1 Å². The number of nitrogens with zero attached hydrogens (tertiary/aromatic N) is 3. The summed E-state index contributed by atoms with van der Waals surface area (Å²) in [5, 5.41) is 8.93. The molecular formula is C23H21ClN4O2S. The molecule has 158 valence electrons. The van der Waals surface area contributed by atoms with Crippen LogP contribution in [0.15, 0.2) is 72.0 Å². The minimum absolute atomic E-state index is 0.0834. The third kappa shape index (κ3) is 5.18. The topological polar surface area (TPSA) is 68.5 Å². The van der Waals surface area contributed by atoms with Crippen LogP contribution in [0.25, 0.3) is 16.8 Å². The van der Waals surface area contributed by atoms with Gasteiger partial charge in [0.1, 0.15) is 10.8 Å². The number of benzene rings is 2. The number of carbonyl (C=O) groups is 1. The summed E-state index contributed by atoms with van der Waals surface area (Å²) in [6.07, 6.45) is 3.49. The number of ether oxygens (including phenoxy) is 1. The number of carbonyl (C=O) groups excluding carboxylic acids is 1. The highest BCUT2D eigenvalue weighted by atomic mass is 35.5. The van der Waals surface area contributed by atoms with Gasteiger partial charge < -0.3 is 10.1 Å². The lowest BCUT2D eigenvalue weighted by molar-refractivity contribution is -0.118. The molecule has 0 saturated heterocycles. The van der Waals surface area contributed by atoms with Gasteiger partial charge in [-0.25, -0.2) is 9.50 Å². The number of rotatable bonds is 8. The molecule has 0 aliphatic heterocycles. The lowest BCUT2D eigenvalue weighted by Gasteiger charge is -2.07. The summed E-state index contributed by atoms with van der Waals surface area (Å²) in [6, 6.07) is 17.3. The maximum absolute atomic E-state index is 12.3. The van der Waals surface area contributed by atoms with Gasteiger partial charge in [0.05, 0.1) is 23.6 Å². The summed E-state index contributed by atoms with van der Waals surface area (Å²) in [4.78, 5) is 16.7. The van der Waals surface area contributed by atoms with Gasteiger partial charge in [0.15, 0.2) is 0 Å². The maximum atomic E-state index is 12.3. The van der Waals surface area contributed by atoms with Crippen LogP contribution in [0.4, 0.5) is 0 Å². The standard InChI is InChI=1S/C23H21ClN4O2S/c1-2-30-18-9-7-16(8-10-18)20-13-21-23(25-11-12-28(21)27-20)31-15-22(29)26-14-17-5-3-4-6-19(17)24/h3-13H,2,14-15H2,1H3,(H,26,29).